The van der Waals surface area contributed by atoms with Crippen molar-refractivity contribution in [2.45, 2.75) is 0 Å². The molecule has 0 aliphatic rings. The summed E-state index contributed by atoms with van der Waals surface area (Å²) in [4.78, 5) is 22.3. The van der Waals surface area contributed by atoms with Crippen LogP contribution in [0, 0.1) is 10.1 Å². The van der Waals surface area contributed by atoms with Crippen molar-refractivity contribution in [3.05, 3.63) is 53.0 Å². The summed E-state index contributed by atoms with van der Waals surface area (Å²) in [6.45, 7) is 0. The van der Waals surface area contributed by atoms with Gasteiger partial charge in [-0.25, -0.2) is 15.0 Å². The van der Waals surface area contributed by atoms with Gasteiger partial charge < -0.3 is 10.5 Å². The van der Waals surface area contributed by atoms with Gasteiger partial charge in [0.2, 0.25) is 5.88 Å². The van der Waals surface area contributed by atoms with Gasteiger partial charge in [0.1, 0.15) is 17.9 Å². The van der Waals surface area contributed by atoms with E-state index in [4.69, 9.17) is 10.5 Å². The first-order valence-corrected chi connectivity index (χ1v) is 5.92. The fourth-order valence-electron chi connectivity index (χ4n) is 1.89. The number of hydrogen-bond donors (Lipinski definition) is 1. The fourth-order valence-corrected chi connectivity index (χ4v) is 1.89. The van der Waals surface area contributed by atoms with E-state index in [0.717, 1.165) is 0 Å². The van der Waals surface area contributed by atoms with Crippen LogP contribution in [0.3, 0.4) is 0 Å². The van der Waals surface area contributed by atoms with Gasteiger partial charge >= 0.3 is 0 Å². The first-order chi connectivity index (χ1) is 10.1. The predicted molar refractivity (Wildman–Crippen MR) is 74.9 cm³/mol. The molecule has 0 aliphatic heterocycles. The number of aromatic nitrogens is 3. The number of hydrogen-bond acceptors (Lipinski definition) is 7. The van der Waals surface area contributed by atoms with E-state index in [9.17, 15) is 10.1 Å². The average Bonchev–Trinajstić information content (AvgIpc) is 2.47. The van der Waals surface area contributed by atoms with Gasteiger partial charge in [0.05, 0.1) is 10.3 Å². The number of nitro benzene ring substituents is 1. The molecule has 3 rings (SSSR count). The SMILES string of the molecule is Nc1cc(Oc2ccc([N+](=O)[O-])c3ncccc23)ncn1. The normalized spacial score (nSPS) is 10.5. The van der Waals surface area contributed by atoms with Crippen LogP contribution in [0.2, 0.25) is 0 Å². The Bertz CT molecular complexity index is 837. The van der Waals surface area contributed by atoms with Crippen LogP contribution in [0.4, 0.5) is 11.5 Å². The largest absolute Gasteiger partial charge is 0.438 e. The molecular weight excluding hydrogens is 274 g/mol. The fraction of sp³-hybridized carbons (Fsp3) is 0. The van der Waals surface area contributed by atoms with Crippen molar-refractivity contribution in [3.63, 3.8) is 0 Å². The number of ether oxygens (including phenoxy) is 1. The van der Waals surface area contributed by atoms with Crippen molar-refractivity contribution in [3.8, 4) is 11.6 Å². The summed E-state index contributed by atoms with van der Waals surface area (Å²) in [5.74, 6) is 0.924. The predicted octanol–water partition coefficient (Wildman–Crippen LogP) is 2.31. The molecule has 0 atom stereocenters. The highest BCUT2D eigenvalue weighted by Gasteiger charge is 2.16. The third-order valence-corrected chi connectivity index (χ3v) is 2.78. The number of benzene rings is 1. The lowest BCUT2D eigenvalue weighted by atomic mass is 10.1. The van der Waals surface area contributed by atoms with Crippen LogP contribution in [0.1, 0.15) is 0 Å². The number of non-ortho nitro benzene ring substituents is 1. The molecule has 21 heavy (non-hydrogen) atoms. The van der Waals surface area contributed by atoms with Crippen LogP contribution < -0.4 is 10.5 Å². The topological polar surface area (TPSA) is 117 Å². The minimum absolute atomic E-state index is 0.0832. The van der Waals surface area contributed by atoms with Crippen molar-refractivity contribution < 1.29 is 9.66 Å². The van der Waals surface area contributed by atoms with E-state index >= 15 is 0 Å². The first kappa shape index (κ1) is 12.7. The van der Waals surface area contributed by atoms with Crippen LogP contribution in [0.15, 0.2) is 42.9 Å². The van der Waals surface area contributed by atoms with Gasteiger partial charge in [-0.3, -0.25) is 10.1 Å². The van der Waals surface area contributed by atoms with Crippen molar-refractivity contribution in [2.75, 3.05) is 5.73 Å². The van der Waals surface area contributed by atoms with Crippen molar-refractivity contribution >= 4 is 22.4 Å². The second kappa shape index (κ2) is 5.00. The van der Waals surface area contributed by atoms with Crippen LogP contribution in [0.5, 0.6) is 11.6 Å². The van der Waals surface area contributed by atoms with Gasteiger partial charge in [0.25, 0.3) is 5.69 Å². The second-order valence-corrected chi connectivity index (χ2v) is 4.12. The van der Waals surface area contributed by atoms with Gasteiger partial charge in [-0.2, -0.15) is 0 Å². The molecule has 2 aromatic heterocycles. The van der Waals surface area contributed by atoms with Gasteiger partial charge in [-0.15, -0.1) is 0 Å². The van der Waals surface area contributed by atoms with Crippen LogP contribution in [-0.4, -0.2) is 19.9 Å². The van der Waals surface area contributed by atoms with E-state index in [0.29, 0.717) is 11.1 Å². The smallest absolute Gasteiger partial charge is 0.295 e. The molecule has 0 spiro atoms. The first-order valence-electron chi connectivity index (χ1n) is 5.92. The Morgan fingerprint density at radius 1 is 1.19 bits per heavy atom. The highest BCUT2D eigenvalue weighted by molar-refractivity contribution is 5.92. The highest BCUT2D eigenvalue weighted by Crippen LogP contribution is 2.33. The number of anilines is 1. The standard InChI is InChI=1S/C13H9N5O3/c14-11-6-12(17-7-16-11)21-10-4-3-9(18(19)20)13-8(10)2-1-5-15-13/h1-7H,(H2,14,16,17). The van der Waals surface area contributed by atoms with Crippen molar-refractivity contribution in [2.24, 2.45) is 0 Å². The quantitative estimate of drug-likeness (QED) is 0.578. The Kier molecular flexibility index (Phi) is 3.03. The highest BCUT2D eigenvalue weighted by atomic mass is 16.6. The Balaban J connectivity index is 2.12. The summed E-state index contributed by atoms with van der Waals surface area (Å²) in [6.07, 6.45) is 2.76. The number of rotatable bonds is 3. The average molecular weight is 283 g/mol. The monoisotopic (exact) mass is 283 g/mol. The number of pyridine rings is 1. The molecule has 0 aliphatic carbocycles. The molecule has 8 heteroatoms. The zero-order chi connectivity index (χ0) is 14.8. The Hall–Kier alpha value is -3.29. The Labute approximate surface area is 118 Å². The third kappa shape index (κ3) is 2.41. The molecule has 0 bridgehead atoms. The molecule has 8 nitrogen and oxygen atoms in total. The van der Waals surface area contributed by atoms with E-state index in [1.807, 2.05) is 0 Å². The summed E-state index contributed by atoms with van der Waals surface area (Å²) in [5.41, 5.74) is 5.72. The zero-order valence-electron chi connectivity index (χ0n) is 10.6. The summed E-state index contributed by atoms with van der Waals surface area (Å²) in [7, 11) is 0. The minimum Gasteiger partial charge on any atom is -0.438 e. The molecule has 0 saturated heterocycles. The number of nitrogen functional groups attached to an aromatic ring is 1. The molecular formula is C13H9N5O3. The van der Waals surface area contributed by atoms with Gasteiger partial charge in [0.15, 0.2) is 5.52 Å². The third-order valence-electron chi connectivity index (χ3n) is 2.78. The maximum absolute atomic E-state index is 11.0. The zero-order valence-corrected chi connectivity index (χ0v) is 10.6. The van der Waals surface area contributed by atoms with E-state index in [1.54, 1.807) is 12.1 Å². The van der Waals surface area contributed by atoms with E-state index < -0.39 is 4.92 Å². The van der Waals surface area contributed by atoms with Gasteiger partial charge in [0, 0.05) is 18.3 Å². The Morgan fingerprint density at radius 2 is 2.05 bits per heavy atom. The molecule has 0 radical (unpaired) electrons. The lowest BCUT2D eigenvalue weighted by Crippen LogP contribution is -1.96. The van der Waals surface area contributed by atoms with Gasteiger partial charge in [-0.1, -0.05) is 0 Å². The number of nitro groups is 1. The van der Waals surface area contributed by atoms with Crippen LogP contribution in [0.25, 0.3) is 10.9 Å². The van der Waals surface area contributed by atoms with Gasteiger partial charge in [-0.05, 0) is 18.2 Å². The molecule has 104 valence electrons. The number of fused-ring (bicyclic) bond motifs is 1. The molecule has 3 aromatic rings. The van der Waals surface area contributed by atoms with E-state index in [1.165, 1.54) is 30.7 Å². The van der Waals surface area contributed by atoms with Crippen LogP contribution in [-0.2, 0) is 0 Å². The summed E-state index contributed by atoms with van der Waals surface area (Å²) in [6, 6.07) is 7.67. The number of nitrogens with two attached hydrogens (primary N) is 1. The minimum atomic E-state index is -0.484. The lowest BCUT2D eigenvalue weighted by Gasteiger charge is -2.08. The van der Waals surface area contributed by atoms with Crippen LogP contribution >= 0.6 is 0 Å². The molecule has 0 unspecified atom stereocenters. The summed E-state index contributed by atoms with van der Waals surface area (Å²) >= 11 is 0. The molecule has 1 aromatic carbocycles. The van der Waals surface area contributed by atoms with E-state index in [-0.39, 0.29) is 22.9 Å². The maximum atomic E-state index is 11.0. The molecule has 0 fully saturated rings. The molecule has 0 saturated carbocycles. The number of nitrogens with zero attached hydrogens (tertiary/aromatic N) is 4. The molecule has 0 amide bonds. The van der Waals surface area contributed by atoms with Crippen molar-refractivity contribution in [1.29, 1.82) is 0 Å². The van der Waals surface area contributed by atoms with E-state index in [2.05, 4.69) is 15.0 Å². The Morgan fingerprint density at radius 3 is 2.81 bits per heavy atom. The molecule has 2 N–H and O–H groups in total. The summed E-state index contributed by atoms with van der Waals surface area (Å²) in [5, 5.41) is 11.5. The molecule has 2 heterocycles. The lowest BCUT2D eigenvalue weighted by molar-refractivity contribution is -0.383. The van der Waals surface area contributed by atoms with Crippen molar-refractivity contribution in [1.82, 2.24) is 15.0 Å². The maximum Gasteiger partial charge on any atom is 0.295 e. The second-order valence-electron chi connectivity index (χ2n) is 4.12. The summed E-state index contributed by atoms with van der Waals surface area (Å²) < 4.78 is 5.61.